The highest BCUT2D eigenvalue weighted by molar-refractivity contribution is 5.61. The highest BCUT2D eigenvalue weighted by Gasteiger charge is 2.19. The molecule has 3 heterocycles. The van der Waals surface area contributed by atoms with Gasteiger partial charge in [0.15, 0.2) is 5.82 Å². The number of morpholine rings is 1. The summed E-state index contributed by atoms with van der Waals surface area (Å²) in [5.41, 5.74) is 2.26. The van der Waals surface area contributed by atoms with E-state index < -0.39 is 0 Å². The fraction of sp³-hybridized carbons (Fsp3) is 0.286. The smallest absolute Gasteiger partial charge is 0.224 e. The number of aromatic nitrogens is 4. The topological polar surface area (TPSA) is 79.3 Å². The van der Waals surface area contributed by atoms with E-state index in [-0.39, 0.29) is 6.04 Å². The number of ether oxygens (including phenoxy) is 1. The van der Waals surface area contributed by atoms with Crippen molar-refractivity contribution in [3.63, 3.8) is 0 Å². The van der Waals surface area contributed by atoms with Crippen LogP contribution >= 0.6 is 0 Å². The van der Waals surface area contributed by atoms with Crippen LogP contribution in [0, 0.1) is 0 Å². The van der Waals surface area contributed by atoms with Crippen molar-refractivity contribution in [1.29, 1.82) is 0 Å². The van der Waals surface area contributed by atoms with Crippen molar-refractivity contribution in [1.82, 2.24) is 24.8 Å². The van der Waals surface area contributed by atoms with Gasteiger partial charge in [-0.25, -0.2) is 15.0 Å². The Balaban J connectivity index is 1.34. The number of nitrogens with zero attached hydrogens (tertiary/aromatic N) is 6. The summed E-state index contributed by atoms with van der Waals surface area (Å²) in [5.74, 6) is 2.81. The monoisotopic (exact) mass is 481 g/mol. The first-order chi connectivity index (χ1) is 17.7. The van der Waals surface area contributed by atoms with E-state index in [2.05, 4.69) is 44.5 Å². The SMILES string of the molecule is CN(c1ccnc(N[C@H](Cc2ccccc2)CN2CCOCC2)n1)c1ccnc(-c2ccccc2)n1. The molecule has 8 nitrogen and oxygen atoms in total. The van der Waals surface area contributed by atoms with Crippen LogP contribution < -0.4 is 10.2 Å². The van der Waals surface area contributed by atoms with Gasteiger partial charge in [-0.2, -0.15) is 4.98 Å². The highest BCUT2D eigenvalue weighted by atomic mass is 16.5. The van der Waals surface area contributed by atoms with Gasteiger partial charge in [0, 0.05) is 50.7 Å². The third-order valence-electron chi connectivity index (χ3n) is 6.24. The summed E-state index contributed by atoms with van der Waals surface area (Å²) in [5, 5.41) is 3.59. The number of anilines is 3. The lowest BCUT2D eigenvalue weighted by Crippen LogP contribution is -2.44. The summed E-state index contributed by atoms with van der Waals surface area (Å²) in [6.45, 7) is 4.33. The first kappa shape index (κ1) is 23.8. The molecule has 0 amide bonds. The van der Waals surface area contributed by atoms with Gasteiger partial charge in [-0.3, -0.25) is 4.90 Å². The molecule has 1 saturated heterocycles. The van der Waals surface area contributed by atoms with Gasteiger partial charge in [-0.15, -0.1) is 0 Å². The molecule has 184 valence electrons. The van der Waals surface area contributed by atoms with Crippen LogP contribution in [0.4, 0.5) is 17.6 Å². The lowest BCUT2D eigenvalue weighted by atomic mass is 10.1. The van der Waals surface area contributed by atoms with Gasteiger partial charge in [0.2, 0.25) is 5.95 Å². The first-order valence-electron chi connectivity index (χ1n) is 12.3. The lowest BCUT2D eigenvalue weighted by Gasteiger charge is -2.31. The highest BCUT2D eigenvalue weighted by Crippen LogP contribution is 2.23. The summed E-state index contributed by atoms with van der Waals surface area (Å²) < 4.78 is 5.54. The maximum Gasteiger partial charge on any atom is 0.224 e. The zero-order chi connectivity index (χ0) is 24.6. The van der Waals surface area contributed by atoms with Crippen molar-refractivity contribution in [2.45, 2.75) is 12.5 Å². The maximum atomic E-state index is 5.54. The van der Waals surface area contributed by atoms with Crippen LogP contribution in [0.3, 0.4) is 0 Å². The summed E-state index contributed by atoms with van der Waals surface area (Å²) in [6.07, 6.45) is 4.45. The second-order valence-corrected chi connectivity index (χ2v) is 8.85. The molecular formula is C28H31N7O. The van der Waals surface area contributed by atoms with Crippen molar-refractivity contribution >= 4 is 17.6 Å². The molecular weight excluding hydrogens is 450 g/mol. The van der Waals surface area contributed by atoms with Gasteiger partial charge < -0.3 is 15.0 Å². The van der Waals surface area contributed by atoms with Crippen LogP contribution in [0.15, 0.2) is 85.2 Å². The van der Waals surface area contributed by atoms with Crippen LogP contribution in [-0.2, 0) is 11.2 Å². The molecule has 2 aromatic heterocycles. The molecule has 1 aliphatic rings. The minimum Gasteiger partial charge on any atom is -0.379 e. The molecule has 0 radical (unpaired) electrons. The van der Waals surface area contributed by atoms with Crippen LogP contribution in [0.2, 0.25) is 0 Å². The Morgan fingerprint density at radius 3 is 2.28 bits per heavy atom. The number of rotatable bonds is 9. The molecule has 0 aliphatic carbocycles. The standard InChI is InChI=1S/C28H31N7O/c1-34(25-12-14-29-27(32-25)23-10-6-3-7-11-23)26-13-15-30-28(33-26)31-24(20-22-8-4-2-5-9-22)21-35-16-18-36-19-17-35/h2-15,24H,16-21H2,1H3,(H,30,31,33)/t24-/m1/s1. The average Bonchev–Trinajstić information content (AvgIpc) is 2.94. The Hall–Kier alpha value is -3.88. The van der Waals surface area contributed by atoms with Gasteiger partial charge in [0.05, 0.1) is 13.2 Å². The van der Waals surface area contributed by atoms with E-state index in [1.165, 1.54) is 5.56 Å². The third kappa shape index (κ3) is 6.21. The van der Waals surface area contributed by atoms with E-state index in [4.69, 9.17) is 14.7 Å². The van der Waals surface area contributed by atoms with Crippen molar-refractivity contribution < 1.29 is 4.74 Å². The van der Waals surface area contributed by atoms with Crippen LogP contribution in [0.5, 0.6) is 0 Å². The lowest BCUT2D eigenvalue weighted by molar-refractivity contribution is 0.0361. The number of nitrogens with one attached hydrogen (secondary N) is 1. The number of hydrogen-bond acceptors (Lipinski definition) is 8. The summed E-state index contributed by atoms with van der Waals surface area (Å²) in [4.78, 5) is 22.9. The van der Waals surface area contributed by atoms with Crippen molar-refractivity contribution in [2.24, 2.45) is 0 Å². The molecule has 2 aromatic carbocycles. The molecule has 1 fully saturated rings. The molecule has 0 saturated carbocycles. The molecule has 1 N–H and O–H groups in total. The molecule has 1 aliphatic heterocycles. The van der Waals surface area contributed by atoms with Crippen molar-refractivity contribution in [2.75, 3.05) is 50.1 Å². The van der Waals surface area contributed by atoms with E-state index in [0.717, 1.165) is 56.5 Å². The Morgan fingerprint density at radius 1 is 0.861 bits per heavy atom. The van der Waals surface area contributed by atoms with Crippen molar-refractivity contribution in [3.8, 4) is 11.4 Å². The Bertz CT molecular complexity index is 1230. The van der Waals surface area contributed by atoms with E-state index in [1.54, 1.807) is 12.4 Å². The minimum absolute atomic E-state index is 0.162. The molecule has 5 rings (SSSR count). The van der Waals surface area contributed by atoms with Gasteiger partial charge in [0.25, 0.3) is 0 Å². The van der Waals surface area contributed by atoms with E-state index >= 15 is 0 Å². The Kier molecular flexibility index (Phi) is 7.75. The Morgan fingerprint density at radius 2 is 1.53 bits per heavy atom. The fourth-order valence-electron chi connectivity index (χ4n) is 4.32. The van der Waals surface area contributed by atoms with Gasteiger partial charge in [-0.1, -0.05) is 60.7 Å². The summed E-state index contributed by atoms with van der Waals surface area (Å²) >= 11 is 0. The normalized spacial score (nSPS) is 14.8. The molecule has 0 unspecified atom stereocenters. The van der Waals surface area contributed by atoms with E-state index in [9.17, 15) is 0 Å². The van der Waals surface area contributed by atoms with Crippen LogP contribution in [-0.4, -0.2) is 70.8 Å². The quantitative estimate of drug-likeness (QED) is 0.384. The fourth-order valence-corrected chi connectivity index (χ4v) is 4.32. The third-order valence-corrected chi connectivity index (χ3v) is 6.24. The Labute approximate surface area is 212 Å². The molecule has 0 spiro atoms. The molecule has 0 bridgehead atoms. The van der Waals surface area contributed by atoms with Crippen LogP contribution in [0.25, 0.3) is 11.4 Å². The number of benzene rings is 2. The van der Waals surface area contributed by atoms with E-state index in [0.29, 0.717) is 11.8 Å². The second kappa shape index (κ2) is 11.7. The molecule has 4 aromatic rings. The van der Waals surface area contributed by atoms with Gasteiger partial charge >= 0.3 is 0 Å². The van der Waals surface area contributed by atoms with E-state index in [1.807, 2.05) is 60.5 Å². The van der Waals surface area contributed by atoms with Gasteiger partial charge in [-0.05, 0) is 24.1 Å². The zero-order valence-electron chi connectivity index (χ0n) is 20.5. The average molecular weight is 482 g/mol. The minimum atomic E-state index is 0.162. The number of hydrogen-bond donors (Lipinski definition) is 1. The second-order valence-electron chi connectivity index (χ2n) is 8.85. The largest absolute Gasteiger partial charge is 0.379 e. The van der Waals surface area contributed by atoms with Crippen molar-refractivity contribution in [3.05, 3.63) is 90.8 Å². The molecule has 36 heavy (non-hydrogen) atoms. The first-order valence-corrected chi connectivity index (χ1v) is 12.3. The van der Waals surface area contributed by atoms with Gasteiger partial charge in [0.1, 0.15) is 11.6 Å². The predicted molar refractivity (Wildman–Crippen MR) is 142 cm³/mol. The van der Waals surface area contributed by atoms with Crippen LogP contribution in [0.1, 0.15) is 5.56 Å². The maximum absolute atomic E-state index is 5.54. The predicted octanol–water partition coefficient (Wildman–Crippen LogP) is 4.06. The summed E-state index contributed by atoms with van der Waals surface area (Å²) in [7, 11) is 1.96. The zero-order valence-corrected chi connectivity index (χ0v) is 20.5. The molecule has 1 atom stereocenters. The molecule has 8 heteroatoms. The summed E-state index contributed by atoms with van der Waals surface area (Å²) in [6, 6.07) is 24.5.